The van der Waals surface area contributed by atoms with Crippen LogP contribution in [0.5, 0.6) is 5.75 Å². The van der Waals surface area contributed by atoms with Crippen molar-refractivity contribution in [3.63, 3.8) is 0 Å². The second-order valence-electron chi connectivity index (χ2n) is 6.38. The van der Waals surface area contributed by atoms with Gasteiger partial charge < -0.3 is 10.5 Å². The van der Waals surface area contributed by atoms with Gasteiger partial charge in [-0.05, 0) is 25.1 Å². The molecule has 0 fully saturated rings. The number of benzene rings is 2. The number of nitrogen functional groups attached to an aromatic ring is 1. The van der Waals surface area contributed by atoms with Crippen molar-refractivity contribution in [3.8, 4) is 5.75 Å². The summed E-state index contributed by atoms with van der Waals surface area (Å²) in [5, 5.41) is 1.68. The maximum absolute atomic E-state index is 12.1. The number of hydrogen-bond acceptors (Lipinski definition) is 4. The predicted octanol–water partition coefficient (Wildman–Crippen LogP) is 1.82. The highest BCUT2D eigenvalue weighted by molar-refractivity contribution is 6.15. The van der Waals surface area contributed by atoms with Gasteiger partial charge in [0.15, 0.2) is 11.0 Å². The van der Waals surface area contributed by atoms with Crippen LogP contribution in [-0.2, 0) is 0 Å². The van der Waals surface area contributed by atoms with E-state index in [4.69, 9.17) is 16.2 Å². The number of fused-ring (bicyclic) bond motifs is 3. The van der Waals surface area contributed by atoms with Gasteiger partial charge in [0.1, 0.15) is 16.8 Å². The molecule has 4 N–H and O–H groups in total. The molecule has 3 heterocycles. The Kier molecular flexibility index (Phi) is 2.67. The minimum Gasteiger partial charge on any atom is -0.496 e. The van der Waals surface area contributed by atoms with Crippen molar-refractivity contribution in [2.75, 3.05) is 12.8 Å². The van der Waals surface area contributed by atoms with Crippen molar-refractivity contribution in [3.05, 3.63) is 47.9 Å². The summed E-state index contributed by atoms with van der Waals surface area (Å²) in [6, 6.07) is 7.68. The van der Waals surface area contributed by atoms with Crippen LogP contribution in [0.1, 0.15) is 15.9 Å². The molecule has 0 saturated heterocycles. The van der Waals surface area contributed by atoms with Crippen LogP contribution in [0.15, 0.2) is 36.8 Å². The first-order valence-corrected chi connectivity index (χ1v) is 8.15. The summed E-state index contributed by atoms with van der Waals surface area (Å²) >= 11 is 0. The molecule has 0 aliphatic rings. The SMILES string of the molecule is COc1ccc2c(c1C)[n+]1c(N)c(C(N)=O)c3ccc4cncn2c4c31. The molecule has 128 valence electrons. The summed E-state index contributed by atoms with van der Waals surface area (Å²) < 4.78 is 9.42. The summed E-state index contributed by atoms with van der Waals surface area (Å²) in [4.78, 5) is 16.5. The molecule has 0 spiro atoms. The highest BCUT2D eigenvalue weighted by atomic mass is 16.5. The number of primary amides is 1. The second-order valence-corrected chi connectivity index (χ2v) is 6.38. The lowest BCUT2D eigenvalue weighted by molar-refractivity contribution is -0.460. The number of methoxy groups -OCH3 is 1. The standard InChI is InChI=1S/C19H15N5O2/c1-9-13(26-2)6-5-12-15(9)24-17-11(14(18(24)20)19(21)25)4-3-10-7-22-8-23(12)16(10)17/h3-8,20H,1-2H3,(H2,21,25)/p+1. The Morgan fingerprint density at radius 3 is 2.77 bits per heavy atom. The van der Waals surface area contributed by atoms with Crippen molar-refractivity contribution in [2.24, 2.45) is 5.73 Å². The van der Waals surface area contributed by atoms with E-state index in [2.05, 4.69) is 4.98 Å². The number of anilines is 1. The van der Waals surface area contributed by atoms with Crippen LogP contribution in [0.25, 0.3) is 32.8 Å². The monoisotopic (exact) mass is 346 g/mol. The summed E-state index contributed by atoms with van der Waals surface area (Å²) in [6.45, 7) is 1.97. The van der Waals surface area contributed by atoms with Crippen LogP contribution < -0.4 is 20.6 Å². The Bertz CT molecular complexity index is 1370. The second kappa shape index (κ2) is 4.72. The molecule has 2 aromatic carbocycles. The van der Waals surface area contributed by atoms with Gasteiger partial charge in [-0.15, -0.1) is 0 Å². The highest BCUT2D eigenvalue weighted by Crippen LogP contribution is 2.34. The Hall–Kier alpha value is -3.61. The van der Waals surface area contributed by atoms with Crippen LogP contribution >= 0.6 is 0 Å². The molecule has 26 heavy (non-hydrogen) atoms. The van der Waals surface area contributed by atoms with E-state index in [0.29, 0.717) is 11.4 Å². The molecule has 0 saturated carbocycles. The molecule has 7 nitrogen and oxygen atoms in total. The topological polar surface area (TPSA) is 99.7 Å². The number of carbonyl (C=O) groups excluding carboxylic acids is 1. The lowest BCUT2D eigenvalue weighted by atomic mass is 10.1. The van der Waals surface area contributed by atoms with Crippen molar-refractivity contribution >= 4 is 44.6 Å². The summed E-state index contributed by atoms with van der Waals surface area (Å²) in [7, 11) is 1.63. The summed E-state index contributed by atoms with van der Waals surface area (Å²) in [5.41, 5.74) is 16.9. The average Bonchev–Trinajstić information content (AvgIpc) is 2.94. The highest BCUT2D eigenvalue weighted by Gasteiger charge is 2.30. The van der Waals surface area contributed by atoms with Gasteiger partial charge in [0.2, 0.25) is 0 Å². The van der Waals surface area contributed by atoms with Crippen molar-refractivity contribution in [1.82, 2.24) is 9.38 Å². The molecule has 0 aliphatic carbocycles. The fourth-order valence-electron chi connectivity index (χ4n) is 4.03. The maximum atomic E-state index is 12.1. The van der Waals surface area contributed by atoms with Gasteiger partial charge in [0.05, 0.1) is 19.0 Å². The minimum atomic E-state index is -0.546. The van der Waals surface area contributed by atoms with Gasteiger partial charge in [0.25, 0.3) is 11.7 Å². The molecule has 0 radical (unpaired) electrons. The normalized spacial score (nSPS) is 11.9. The minimum absolute atomic E-state index is 0.334. The Labute approximate surface area is 147 Å². The van der Waals surface area contributed by atoms with Crippen molar-refractivity contribution < 1.29 is 13.9 Å². The van der Waals surface area contributed by atoms with Crippen LogP contribution in [0.4, 0.5) is 5.82 Å². The van der Waals surface area contributed by atoms with Crippen LogP contribution in [-0.4, -0.2) is 22.4 Å². The number of nitrogens with zero attached hydrogens (tertiary/aromatic N) is 3. The van der Waals surface area contributed by atoms with E-state index in [1.807, 2.05) is 40.0 Å². The Balaban J connectivity index is 2.25. The zero-order chi connectivity index (χ0) is 18.2. The Morgan fingerprint density at radius 2 is 2.04 bits per heavy atom. The van der Waals surface area contributed by atoms with E-state index < -0.39 is 5.91 Å². The number of carbonyl (C=O) groups is 1. The summed E-state index contributed by atoms with van der Waals surface area (Å²) in [5.74, 6) is 0.529. The number of nitrogens with two attached hydrogens (primary N) is 2. The molecular formula is C19H16N5O2+. The van der Waals surface area contributed by atoms with Crippen LogP contribution in [0, 0.1) is 6.92 Å². The van der Waals surface area contributed by atoms with Crippen LogP contribution in [0.2, 0.25) is 0 Å². The van der Waals surface area contributed by atoms with E-state index in [-0.39, 0.29) is 0 Å². The number of aryl methyl sites for hydroxylation is 1. The van der Waals surface area contributed by atoms with E-state index in [1.165, 1.54) is 0 Å². The van der Waals surface area contributed by atoms with E-state index in [0.717, 1.165) is 44.2 Å². The summed E-state index contributed by atoms with van der Waals surface area (Å²) in [6.07, 6.45) is 3.56. The number of rotatable bonds is 2. The van der Waals surface area contributed by atoms with Gasteiger partial charge in [-0.3, -0.25) is 14.9 Å². The first kappa shape index (κ1) is 14.7. The molecule has 3 aromatic heterocycles. The molecule has 0 bridgehead atoms. The lowest BCUT2D eigenvalue weighted by Gasteiger charge is -2.13. The van der Waals surface area contributed by atoms with E-state index in [9.17, 15) is 4.79 Å². The number of ether oxygens (including phenoxy) is 1. The molecule has 7 heteroatoms. The first-order valence-electron chi connectivity index (χ1n) is 8.15. The number of aromatic nitrogens is 3. The zero-order valence-electron chi connectivity index (χ0n) is 14.3. The van der Waals surface area contributed by atoms with E-state index in [1.54, 1.807) is 19.6 Å². The van der Waals surface area contributed by atoms with Gasteiger partial charge in [-0.25, -0.2) is 4.98 Å². The Morgan fingerprint density at radius 1 is 1.23 bits per heavy atom. The van der Waals surface area contributed by atoms with Gasteiger partial charge in [0, 0.05) is 22.5 Å². The molecule has 0 unspecified atom stereocenters. The van der Waals surface area contributed by atoms with E-state index >= 15 is 0 Å². The number of hydrogen-bond donors (Lipinski definition) is 2. The largest absolute Gasteiger partial charge is 0.496 e. The van der Waals surface area contributed by atoms with Gasteiger partial charge >= 0.3 is 0 Å². The maximum Gasteiger partial charge on any atom is 0.291 e. The number of amides is 1. The van der Waals surface area contributed by atoms with Gasteiger partial charge in [-0.2, -0.15) is 4.40 Å². The fourth-order valence-corrected chi connectivity index (χ4v) is 4.03. The van der Waals surface area contributed by atoms with Crippen molar-refractivity contribution in [2.45, 2.75) is 6.92 Å². The van der Waals surface area contributed by atoms with Crippen LogP contribution in [0.3, 0.4) is 0 Å². The first-order chi connectivity index (χ1) is 12.5. The lowest BCUT2D eigenvalue weighted by Crippen LogP contribution is -2.28. The molecule has 0 atom stereocenters. The zero-order valence-corrected chi connectivity index (χ0v) is 14.3. The average molecular weight is 346 g/mol. The van der Waals surface area contributed by atoms with Crippen molar-refractivity contribution in [1.29, 1.82) is 0 Å². The van der Waals surface area contributed by atoms with Gasteiger partial charge in [-0.1, -0.05) is 6.07 Å². The fraction of sp³-hybridized carbons (Fsp3) is 0.105. The quantitative estimate of drug-likeness (QED) is 0.289. The third kappa shape index (κ3) is 1.55. The molecular weight excluding hydrogens is 330 g/mol. The molecule has 5 rings (SSSR count). The smallest absolute Gasteiger partial charge is 0.291 e. The molecule has 0 aliphatic heterocycles. The molecule has 5 aromatic rings. The predicted molar refractivity (Wildman–Crippen MR) is 98.8 cm³/mol. The third-order valence-corrected chi connectivity index (χ3v) is 5.12. The third-order valence-electron chi connectivity index (χ3n) is 5.12. The molecule has 1 amide bonds.